The van der Waals surface area contributed by atoms with Crippen molar-refractivity contribution in [3.05, 3.63) is 53.1 Å². The molecule has 0 saturated carbocycles. The molecular weight excluding hydrogens is 506 g/mol. The number of nitrogens with one attached hydrogen (secondary N) is 1. The van der Waals surface area contributed by atoms with Crippen LogP contribution >= 0.6 is 11.6 Å². The van der Waals surface area contributed by atoms with Gasteiger partial charge in [0.05, 0.1) is 26.2 Å². The van der Waals surface area contributed by atoms with E-state index in [4.69, 9.17) is 21.1 Å². The third-order valence-electron chi connectivity index (χ3n) is 5.57. The Balaban J connectivity index is 2.51. The van der Waals surface area contributed by atoms with E-state index in [1.165, 1.54) is 31.3 Å². The van der Waals surface area contributed by atoms with Crippen molar-refractivity contribution in [3.63, 3.8) is 0 Å². The lowest BCUT2D eigenvalue weighted by atomic mass is 10.1. The summed E-state index contributed by atoms with van der Waals surface area (Å²) in [5.41, 5.74) is 0.817. The van der Waals surface area contributed by atoms with Gasteiger partial charge in [0.1, 0.15) is 24.1 Å². The molecule has 0 bridgehead atoms. The normalized spacial score (nSPS) is 11.9. The molecule has 2 aromatic carbocycles. The number of carbonyl (C=O) groups is 2. The molecule has 1 atom stereocenters. The van der Waals surface area contributed by atoms with E-state index in [1.54, 1.807) is 37.3 Å². The topological polar surface area (TPSA) is 105 Å². The number of carbonyl (C=O) groups excluding carboxylic acids is 2. The van der Waals surface area contributed by atoms with Crippen LogP contribution in [0.4, 0.5) is 5.69 Å². The number of ether oxygens (including phenoxy) is 2. The highest BCUT2D eigenvalue weighted by atomic mass is 35.5. The number of methoxy groups -OCH3 is 2. The lowest BCUT2D eigenvalue weighted by Crippen LogP contribution is -2.52. The number of hydrogen-bond acceptors (Lipinski definition) is 6. The predicted octanol–water partition coefficient (Wildman–Crippen LogP) is 3.46. The first kappa shape index (κ1) is 29.3. The number of hydrogen-bond donors (Lipinski definition) is 1. The molecule has 2 rings (SSSR count). The Morgan fingerprint density at radius 3 is 2.33 bits per heavy atom. The second kappa shape index (κ2) is 13.4. The highest BCUT2D eigenvalue weighted by Gasteiger charge is 2.32. The van der Waals surface area contributed by atoms with Crippen LogP contribution in [0.25, 0.3) is 0 Å². The molecule has 2 amide bonds. The van der Waals surface area contributed by atoms with Crippen molar-refractivity contribution in [2.24, 2.45) is 0 Å². The number of rotatable bonds is 13. The zero-order valence-electron chi connectivity index (χ0n) is 21.3. The van der Waals surface area contributed by atoms with Gasteiger partial charge in [-0.25, -0.2) is 8.42 Å². The van der Waals surface area contributed by atoms with Crippen molar-refractivity contribution < 1.29 is 27.5 Å². The number of benzene rings is 2. The summed E-state index contributed by atoms with van der Waals surface area (Å²) in [6.07, 6.45) is 2.07. The zero-order valence-corrected chi connectivity index (χ0v) is 22.9. The van der Waals surface area contributed by atoms with Gasteiger partial charge in [0.2, 0.25) is 21.8 Å². The first-order valence-electron chi connectivity index (χ1n) is 11.6. The van der Waals surface area contributed by atoms with Crippen LogP contribution in [-0.4, -0.2) is 64.7 Å². The molecule has 0 aliphatic rings. The predicted molar refractivity (Wildman–Crippen MR) is 141 cm³/mol. The third-order valence-corrected chi connectivity index (χ3v) is 7.06. The number of nitrogens with zero attached hydrogens (tertiary/aromatic N) is 2. The van der Waals surface area contributed by atoms with Gasteiger partial charge in [-0.2, -0.15) is 0 Å². The number of halogens is 1. The lowest BCUT2D eigenvalue weighted by Gasteiger charge is -2.33. The minimum atomic E-state index is -3.91. The highest BCUT2D eigenvalue weighted by molar-refractivity contribution is 7.92. The molecule has 0 spiro atoms. The minimum Gasteiger partial charge on any atom is -0.497 e. The van der Waals surface area contributed by atoms with Crippen molar-refractivity contribution in [2.75, 3.05) is 37.9 Å². The third kappa shape index (κ3) is 7.51. The fraction of sp³-hybridized carbons (Fsp3) is 0.440. The highest BCUT2D eigenvalue weighted by Crippen LogP contribution is 2.34. The molecule has 2 aromatic rings. The van der Waals surface area contributed by atoms with Gasteiger partial charge >= 0.3 is 0 Å². The fourth-order valence-corrected chi connectivity index (χ4v) is 4.73. The Morgan fingerprint density at radius 1 is 1.08 bits per heavy atom. The van der Waals surface area contributed by atoms with Gasteiger partial charge in [-0.05, 0) is 36.6 Å². The van der Waals surface area contributed by atoms with Crippen LogP contribution in [0.2, 0.25) is 5.02 Å². The maximum absolute atomic E-state index is 13.7. The SMILES string of the molecule is CCCNC(=O)C(CC)N(Cc1ccccc1Cl)C(=O)CN(c1ccc(OC)cc1OC)S(C)(=O)=O. The van der Waals surface area contributed by atoms with E-state index < -0.39 is 28.5 Å². The van der Waals surface area contributed by atoms with Crippen LogP contribution in [0.5, 0.6) is 11.5 Å². The van der Waals surface area contributed by atoms with Crippen LogP contribution in [0.3, 0.4) is 0 Å². The average molecular weight is 540 g/mol. The zero-order chi connectivity index (χ0) is 26.9. The largest absolute Gasteiger partial charge is 0.497 e. The molecule has 198 valence electrons. The molecule has 0 heterocycles. The fourth-order valence-electron chi connectivity index (χ4n) is 3.68. The molecule has 36 heavy (non-hydrogen) atoms. The Morgan fingerprint density at radius 2 is 1.78 bits per heavy atom. The van der Waals surface area contributed by atoms with Crippen molar-refractivity contribution in [1.29, 1.82) is 0 Å². The summed E-state index contributed by atoms with van der Waals surface area (Å²) in [6.45, 7) is 3.68. The maximum Gasteiger partial charge on any atom is 0.244 e. The Hall–Kier alpha value is -2.98. The van der Waals surface area contributed by atoms with Crippen molar-refractivity contribution in [1.82, 2.24) is 10.2 Å². The second-order valence-electron chi connectivity index (χ2n) is 8.14. The molecule has 0 fully saturated rings. The second-order valence-corrected chi connectivity index (χ2v) is 10.4. The van der Waals surface area contributed by atoms with Gasteiger partial charge in [0.15, 0.2) is 0 Å². The van der Waals surface area contributed by atoms with Gasteiger partial charge in [-0.1, -0.05) is 43.6 Å². The molecule has 0 radical (unpaired) electrons. The van der Waals surface area contributed by atoms with E-state index in [2.05, 4.69) is 5.32 Å². The maximum atomic E-state index is 13.7. The summed E-state index contributed by atoms with van der Waals surface area (Å²) in [7, 11) is -1.03. The summed E-state index contributed by atoms with van der Waals surface area (Å²) in [6, 6.07) is 10.8. The molecule has 0 aliphatic carbocycles. The summed E-state index contributed by atoms with van der Waals surface area (Å²) in [5.74, 6) is -0.184. The van der Waals surface area contributed by atoms with E-state index in [-0.39, 0.29) is 23.9 Å². The molecular formula is C25H34ClN3O6S. The van der Waals surface area contributed by atoms with Gasteiger partial charge in [-0.15, -0.1) is 0 Å². The van der Waals surface area contributed by atoms with Crippen molar-refractivity contribution >= 4 is 39.1 Å². The number of anilines is 1. The van der Waals surface area contributed by atoms with Crippen LogP contribution in [0.15, 0.2) is 42.5 Å². The average Bonchev–Trinajstić information content (AvgIpc) is 2.85. The standard InChI is InChI=1S/C25H34ClN3O6S/c1-6-14-27-25(31)21(7-2)28(16-18-10-8-9-11-20(18)26)24(30)17-29(36(5,32)33)22-13-12-19(34-3)15-23(22)35-4/h8-13,15,21H,6-7,14,16-17H2,1-5H3,(H,27,31). The molecule has 0 aromatic heterocycles. The molecule has 11 heteroatoms. The molecule has 9 nitrogen and oxygen atoms in total. The van der Waals surface area contributed by atoms with Crippen molar-refractivity contribution in [2.45, 2.75) is 39.3 Å². The summed E-state index contributed by atoms with van der Waals surface area (Å²) in [5, 5.41) is 3.27. The van der Waals surface area contributed by atoms with Gasteiger partial charge in [0, 0.05) is 24.2 Å². The molecule has 0 saturated heterocycles. The van der Waals surface area contributed by atoms with Crippen molar-refractivity contribution in [3.8, 4) is 11.5 Å². The number of amides is 2. The van der Waals surface area contributed by atoms with Gasteiger partial charge < -0.3 is 19.7 Å². The van der Waals surface area contributed by atoms with E-state index in [1.807, 2.05) is 6.92 Å². The summed E-state index contributed by atoms with van der Waals surface area (Å²) in [4.78, 5) is 28.1. The van der Waals surface area contributed by atoms with Gasteiger partial charge in [0.25, 0.3) is 0 Å². The van der Waals surface area contributed by atoms with E-state index in [0.717, 1.165) is 17.0 Å². The first-order chi connectivity index (χ1) is 17.1. The monoisotopic (exact) mass is 539 g/mol. The quantitative estimate of drug-likeness (QED) is 0.418. The first-order valence-corrected chi connectivity index (χ1v) is 13.8. The van der Waals surface area contributed by atoms with E-state index >= 15 is 0 Å². The number of sulfonamides is 1. The van der Waals surface area contributed by atoms with Crippen LogP contribution in [-0.2, 0) is 26.2 Å². The molecule has 1 N–H and O–H groups in total. The smallest absolute Gasteiger partial charge is 0.244 e. The van der Waals surface area contributed by atoms with Gasteiger partial charge in [-0.3, -0.25) is 13.9 Å². The Kier molecular flexibility index (Phi) is 10.9. The summed E-state index contributed by atoms with van der Waals surface area (Å²) < 4.78 is 37.2. The molecule has 1 unspecified atom stereocenters. The van der Waals surface area contributed by atoms with Crippen LogP contribution in [0, 0.1) is 0 Å². The Labute approximate surface area is 218 Å². The lowest BCUT2D eigenvalue weighted by molar-refractivity contribution is -0.140. The van der Waals surface area contributed by atoms with E-state index in [0.29, 0.717) is 29.3 Å². The van der Waals surface area contributed by atoms with Crippen LogP contribution < -0.4 is 19.1 Å². The Bertz CT molecular complexity index is 1160. The van der Waals surface area contributed by atoms with Crippen LogP contribution in [0.1, 0.15) is 32.3 Å². The minimum absolute atomic E-state index is 0.0356. The molecule has 0 aliphatic heterocycles. The van der Waals surface area contributed by atoms with E-state index in [9.17, 15) is 18.0 Å². The summed E-state index contributed by atoms with van der Waals surface area (Å²) >= 11 is 6.35.